The Morgan fingerprint density at radius 1 is 1.07 bits per heavy atom. The number of pyridine rings is 1. The Morgan fingerprint density at radius 2 is 1.90 bits per heavy atom. The second-order valence-electron chi connectivity index (χ2n) is 6.50. The van der Waals surface area contributed by atoms with E-state index in [1.165, 1.54) is 12.3 Å². The fourth-order valence-corrected chi connectivity index (χ4v) is 2.95. The lowest BCUT2D eigenvalue weighted by atomic mass is 10.0. The molecule has 3 aromatic rings. The van der Waals surface area contributed by atoms with E-state index < -0.39 is 6.36 Å². The minimum atomic E-state index is -4.77. The average molecular weight is 402 g/mol. The maximum atomic E-state index is 12.8. The summed E-state index contributed by atoms with van der Waals surface area (Å²) in [4.78, 5) is 3.99. The van der Waals surface area contributed by atoms with Crippen LogP contribution in [-0.4, -0.2) is 18.5 Å². The molecule has 0 spiro atoms. The van der Waals surface area contributed by atoms with Crippen LogP contribution in [0, 0.1) is 0 Å². The van der Waals surface area contributed by atoms with Gasteiger partial charge in [-0.3, -0.25) is 4.98 Å². The van der Waals surface area contributed by atoms with Crippen molar-refractivity contribution in [1.82, 2.24) is 10.3 Å². The third-order valence-corrected chi connectivity index (χ3v) is 4.45. The third kappa shape index (κ3) is 5.71. The molecule has 0 aliphatic carbocycles. The summed E-state index contributed by atoms with van der Waals surface area (Å²) in [5.41, 5.74) is 2.76. The molecule has 2 aromatic carbocycles. The summed E-state index contributed by atoms with van der Waals surface area (Å²) in [6.45, 7) is 2.48. The van der Waals surface area contributed by atoms with Gasteiger partial charge in [-0.1, -0.05) is 24.3 Å². The van der Waals surface area contributed by atoms with Gasteiger partial charge in [0.1, 0.15) is 11.5 Å². The first-order chi connectivity index (χ1) is 13.9. The van der Waals surface area contributed by atoms with E-state index in [2.05, 4.69) is 15.0 Å². The summed E-state index contributed by atoms with van der Waals surface area (Å²) in [5.74, 6) is 0.513. The molecule has 0 aliphatic rings. The molecule has 0 bridgehead atoms. The van der Waals surface area contributed by atoms with Crippen LogP contribution in [0.4, 0.5) is 13.2 Å². The summed E-state index contributed by atoms with van der Waals surface area (Å²) in [5, 5.41) is 3.38. The van der Waals surface area contributed by atoms with E-state index in [1.807, 2.05) is 31.2 Å². The number of ether oxygens (including phenoxy) is 2. The van der Waals surface area contributed by atoms with Crippen molar-refractivity contribution in [3.8, 4) is 22.6 Å². The van der Waals surface area contributed by atoms with Crippen LogP contribution in [0.1, 0.15) is 24.1 Å². The molecule has 1 heterocycles. The zero-order chi connectivity index (χ0) is 20.9. The van der Waals surface area contributed by atoms with Gasteiger partial charge in [-0.25, -0.2) is 0 Å². The number of hydrogen-bond acceptors (Lipinski definition) is 4. The van der Waals surface area contributed by atoms with Gasteiger partial charge in [0.15, 0.2) is 0 Å². The SMILES string of the molecule is COc1cccc([C@@H](C)NCc2ccc(OC(F)(F)F)c(-c3cccnc3)c2)c1. The molecule has 29 heavy (non-hydrogen) atoms. The van der Waals surface area contributed by atoms with Crippen LogP contribution in [0.25, 0.3) is 11.1 Å². The predicted molar refractivity (Wildman–Crippen MR) is 105 cm³/mol. The third-order valence-electron chi connectivity index (χ3n) is 4.45. The normalized spacial score (nSPS) is 12.4. The molecule has 3 rings (SSSR count). The molecule has 4 nitrogen and oxygen atoms in total. The van der Waals surface area contributed by atoms with Gasteiger partial charge in [-0.15, -0.1) is 13.2 Å². The maximum absolute atomic E-state index is 12.8. The van der Waals surface area contributed by atoms with Crippen molar-refractivity contribution in [1.29, 1.82) is 0 Å². The van der Waals surface area contributed by atoms with Gasteiger partial charge < -0.3 is 14.8 Å². The Kier molecular flexibility index (Phi) is 6.39. The van der Waals surface area contributed by atoms with E-state index in [-0.39, 0.29) is 11.8 Å². The number of methoxy groups -OCH3 is 1. The maximum Gasteiger partial charge on any atom is 0.573 e. The van der Waals surface area contributed by atoms with Crippen LogP contribution in [0.15, 0.2) is 67.0 Å². The molecular weight excluding hydrogens is 381 g/mol. The van der Waals surface area contributed by atoms with Crippen molar-refractivity contribution < 1.29 is 22.6 Å². The van der Waals surface area contributed by atoms with Crippen LogP contribution in [0.3, 0.4) is 0 Å². The number of rotatable bonds is 7. The van der Waals surface area contributed by atoms with Gasteiger partial charge in [0.05, 0.1) is 7.11 Å². The van der Waals surface area contributed by atoms with Crippen molar-refractivity contribution in [2.45, 2.75) is 25.9 Å². The van der Waals surface area contributed by atoms with Crippen LogP contribution in [0.2, 0.25) is 0 Å². The number of nitrogens with one attached hydrogen (secondary N) is 1. The molecule has 1 N–H and O–H groups in total. The van der Waals surface area contributed by atoms with Gasteiger partial charge in [0.2, 0.25) is 0 Å². The highest BCUT2D eigenvalue weighted by molar-refractivity contribution is 5.70. The number of alkyl halides is 3. The monoisotopic (exact) mass is 402 g/mol. The van der Waals surface area contributed by atoms with Crippen LogP contribution in [0.5, 0.6) is 11.5 Å². The lowest BCUT2D eigenvalue weighted by Crippen LogP contribution is -2.19. The molecular formula is C22H21F3N2O2. The Balaban J connectivity index is 1.81. The number of halogens is 3. The first-order valence-corrected chi connectivity index (χ1v) is 9.02. The molecule has 0 aliphatic heterocycles. The van der Waals surface area contributed by atoms with Gasteiger partial charge in [-0.2, -0.15) is 0 Å². The van der Waals surface area contributed by atoms with E-state index >= 15 is 0 Å². The molecule has 0 fully saturated rings. The Labute approximate surface area is 167 Å². The van der Waals surface area contributed by atoms with E-state index in [0.717, 1.165) is 16.9 Å². The zero-order valence-electron chi connectivity index (χ0n) is 16.0. The van der Waals surface area contributed by atoms with Crippen LogP contribution < -0.4 is 14.8 Å². The minimum Gasteiger partial charge on any atom is -0.497 e. The second-order valence-corrected chi connectivity index (χ2v) is 6.50. The summed E-state index contributed by atoms with van der Waals surface area (Å²) in [6.07, 6.45) is -1.69. The van der Waals surface area contributed by atoms with E-state index in [9.17, 15) is 13.2 Å². The van der Waals surface area contributed by atoms with E-state index in [4.69, 9.17) is 4.74 Å². The number of aromatic nitrogens is 1. The molecule has 1 aromatic heterocycles. The zero-order valence-corrected chi connectivity index (χ0v) is 16.0. The molecule has 0 amide bonds. The minimum absolute atomic E-state index is 0.0260. The van der Waals surface area contributed by atoms with E-state index in [0.29, 0.717) is 17.7 Å². The van der Waals surface area contributed by atoms with Crippen molar-refractivity contribution in [2.24, 2.45) is 0 Å². The van der Waals surface area contributed by atoms with E-state index in [1.54, 1.807) is 37.6 Å². The average Bonchev–Trinajstić information content (AvgIpc) is 2.72. The summed E-state index contributed by atoms with van der Waals surface area (Å²) >= 11 is 0. The number of hydrogen-bond donors (Lipinski definition) is 1. The molecule has 152 valence electrons. The topological polar surface area (TPSA) is 43.4 Å². The predicted octanol–water partition coefficient (Wildman–Crippen LogP) is 5.51. The number of benzene rings is 2. The van der Waals surface area contributed by atoms with Crippen molar-refractivity contribution in [3.63, 3.8) is 0 Å². The highest BCUT2D eigenvalue weighted by Crippen LogP contribution is 2.34. The van der Waals surface area contributed by atoms with Gasteiger partial charge >= 0.3 is 6.36 Å². The molecule has 7 heteroatoms. The summed E-state index contributed by atoms with van der Waals surface area (Å²) in [6, 6.07) is 15.7. The quantitative estimate of drug-likeness (QED) is 0.566. The molecule has 0 saturated heterocycles. The fraction of sp³-hybridized carbons (Fsp3) is 0.227. The summed E-state index contributed by atoms with van der Waals surface area (Å²) < 4.78 is 47.8. The first kappa shape index (κ1) is 20.7. The Hall–Kier alpha value is -3.06. The molecule has 0 unspecified atom stereocenters. The Bertz CT molecular complexity index is 946. The summed E-state index contributed by atoms with van der Waals surface area (Å²) in [7, 11) is 1.61. The van der Waals surface area contributed by atoms with Gasteiger partial charge in [-0.05, 0) is 48.4 Å². The first-order valence-electron chi connectivity index (χ1n) is 9.02. The van der Waals surface area contributed by atoms with Crippen LogP contribution in [-0.2, 0) is 6.54 Å². The van der Waals surface area contributed by atoms with Crippen molar-refractivity contribution in [2.75, 3.05) is 7.11 Å². The highest BCUT2D eigenvalue weighted by Gasteiger charge is 2.32. The van der Waals surface area contributed by atoms with Crippen LogP contribution >= 0.6 is 0 Å². The highest BCUT2D eigenvalue weighted by atomic mass is 19.4. The van der Waals surface area contributed by atoms with Crippen molar-refractivity contribution in [3.05, 3.63) is 78.1 Å². The number of nitrogens with zero attached hydrogens (tertiary/aromatic N) is 1. The fourth-order valence-electron chi connectivity index (χ4n) is 2.95. The largest absolute Gasteiger partial charge is 0.573 e. The standard InChI is InChI=1S/C22H21F3N2O2/c1-15(17-5-3-7-19(12-17)28-2)27-13-16-8-9-21(29-22(23,24)25)20(11-16)18-6-4-10-26-14-18/h3-12,14-15,27H,13H2,1-2H3/t15-/m1/s1. The smallest absolute Gasteiger partial charge is 0.497 e. The second kappa shape index (κ2) is 8.96. The lowest BCUT2D eigenvalue weighted by molar-refractivity contribution is -0.274. The van der Waals surface area contributed by atoms with Crippen molar-refractivity contribution >= 4 is 0 Å². The van der Waals surface area contributed by atoms with Gasteiger partial charge in [0, 0.05) is 36.1 Å². The lowest BCUT2D eigenvalue weighted by Gasteiger charge is -2.17. The molecule has 0 radical (unpaired) electrons. The molecule has 0 saturated carbocycles. The van der Waals surface area contributed by atoms with Gasteiger partial charge in [0.25, 0.3) is 0 Å². The Morgan fingerprint density at radius 3 is 2.59 bits per heavy atom. The molecule has 1 atom stereocenters.